The molecule has 0 N–H and O–H groups in total. The number of hydrogen-bond donors (Lipinski definition) is 0. The zero-order valence-electron chi connectivity index (χ0n) is 5.49. The van der Waals surface area contributed by atoms with E-state index in [2.05, 4.69) is 14.9 Å². The van der Waals surface area contributed by atoms with Crippen LogP contribution in [-0.2, 0) is 4.74 Å². The standard InChI is InChI=1S/C6H8N2O2/c1-2-6(9-3-1)5-4-10-8-7-5/h4,6H,1-3H2. The molecular weight excluding hydrogens is 132 g/mol. The van der Waals surface area contributed by atoms with Gasteiger partial charge in [-0.05, 0) is 12.8 Å². The van der Waals surface area contributed by atoms with E-state index in [-0.39, 0.29) is 6.10 Å². The number of aromatic nitrogens is 2. The van der Waals surface area contributed by atoms with Crippen LogP contribution in [0.15, 0.2) is 10.8 Å². The van der Waals surface area contributed by atoms with Gasteiger partial charge >= 0.3 is 0 Å². The van der Waals surface area contributed by atoms with Crippen molar-refractivity contribution in [2.75, 3.05) is 6.61 Å². The fraction of sp³-hybridized carbons (Fsp3) is 0.667. The molecule has 0 aliphatic carbocycles. The van der Waals surface area contributed by atoms with Crippen LogP contribution >= 0.6 is 0 Å². The molecule has 1 aromatic rings. The Morgan fingerprint density at radius 1 is 1.60 bits per heavy atom. The van der Waals surface area contributed by atoms with Gasteiger partial charge in [-0.25, -0.2) is 0 Å². The van der Waals surface area contributed by atoms with Crippen molar-refractivity contribution in [1.82, 2.24) is 10.4 Å². The van der Waals surface area contributed by atoms with E-state index in [4.69, 9.17) is 4.74 Å². The minimum atomic E-state index is 0.131. The molecule has 1 atom stereocenters. The van der Waals surface area contributed by atoms with Gasteiger partial charge < -0.3 is 9.26 Å². The third kappa shape index (κ3) is 0.903. The van der Waals surface area contributed by atoms with Crippen molar-refractivity contribution in [2.24, 2.45) is 0 Å². The molecule has 1 aliphatic heterocycles. The van der Waals surface area contributed by atoms with Crippen molar-refractivity contribution in [2.45, 2.75) is 18.9 Å². The first kappa shape index (κ1) is 5.85. The average molecular weight is 140 g/mol. The first-order valence-electron chi connectivity index (χ1n) is 3.35. The van der Waals surface area contributed by atoms with Gasteiger partial charge in [-0.3, -0.25) is 0 Å². The maximum atomic E-state index is 5.33. The SMILES string of the molecule is c1onnc1C1CCCO1. The lowest BCUT2D eigenvalue weighted by Crippen LogP contribution is -1.95. The molecule has 0 radical (unpaired) electrons. The van der Waals surface area contributed by atoms with Gasteiger partial charge in [0.05, 0.1) is 0 Å². The summed E-state index contributed by atoms with van der Waals surface area (Å²) in [5, 5.41) is 7.12. The zero-order valence-corrected chi connectivity index (χ0v) is 5.49. The van der Waals surface area contributed by atoms with Crippen molar-refractivity contribution >= 4 is 0 Å². The highest BCUT2D eigenvalue weighted by molar-refractivity contribution is 4.95. The van der Waals surface area contributed by atoms with E-state index < -0.39 is 0 Å². The summed E-state index contributed by atoms with van der Waals surface area (Å²) < 4.78 is 9.92. The van der Waals surface area contributed by atoms with Gasteiger partial charge in [0, 0.05) is 11.9 Å². The van der Waals surface area contributed by atoms with Gasteiger partial charge in [0.15, 0.2) is 0 Å². The average Bonchev–Trinajstić information content (AvgIpc) is 2.59. The van der Waals surface area contributed by atoms with Crippen LogP contribution in [-0.4, -0.2) is 17.0 Å². The second-order valence-electron chi connectivity index (χ2n) is 2.33. The maximum absolute atomic E-state index is 5.33. The third-order valence-corrected chi connectivity index (χ3v) is 1.64. The highest BCUT2D eigenvalue weighted by Gasteiger charge is 2.20. The van der Waals surface area contributed by atoms with Gasteiger partial charge in [0.1, 0.15) is 18.1 Å². The second kappa shape index (κ2) is 2.38. The zero-order chi connectivity index (χ0) is 6.81. The Hall–Kier alpha value is -0.900. The quantitative estimate of drug-likeness (QED) is 0.582. The Kier molecular flexibility index (Phi) is 1.39. The summed E-state index contributed by atoms with van der Waals surface area (Å²) in [6, 6.07) is 0. The minimum absolute atomic E-state index is 0.131. The Bertz CT molecular complexity index is 192. The van der Waals surface area contributed by atoms with E-state index in [9.17, 15) is 0 Å². The Morgan fingerprint density at radius 2 is 2.60 bits per heavy atom. The molecule has 54 valence electrons. The summed E-state index contributed by atoms with van der Waals surface area (Å²) in [6.45, 7) is 0.831. The van der Waals surface area contributed by atoms with Crippen LogP contribution in [0.1, 0.15) is 24.6 Å². The molecule has 0 spiro atoms. The minimum Gasteiger partial charge on any atom is -0.372 e. The normalized spacial score (nSPS) is 25.4. The van der Waals surface area contributed by atoms with Crippen LogP contribution in [0.25, 0.3) is 0 Å². The second-order valence-corrected chi connectivity index (χ2v) is 2.33. The summed E-state index contributed by atoms with van der Waals surface area (Å²) in [5.41, 5.74) is 0.817. The summed E-state index contributed by atoms with van der Waals surface area (Å²) in [6.07, 6.45) is 3.81. The van der Waals surface area contributed by atoms with E-state index in [0.717, 1.165) is 25.1 Å². The smallest absolute Gasteiger partial charge is 0.150 e. The maximum Gasteiger partial charge on any atom is 0.150 e. The fourth-order valence-electron chi connectivity index (χ4n) is 1.12. The van der Waals surface area contributed by atoms with Crippen molar-refractivity contribution in [3.8, 4) is 0 Å². The van der Waals surface area contributed by atoms with Crippen LogP contribution in [0.5, 0.6) is 0 Å². The Morgan fingerprint density at radius 3 is 3.20 bits per heavy atom. The van der Waals surface area contributed by atoms with Crippen molar-refractivity contribution < 1.29 is 9.26 Å². The van der Waals surface area contributed by atoms with Gasteiger partial charge in [-0.15, -0.1) is 5.10 Å². The largest absolute Gasteiger partial charge is 0.372 e. The lowest BCUT2D eigenvalue weighted by molar-refractivity contribution is 0.108. The van der Waals surface area contributed by atoms with E-state index in [1.165, 1.54) is 6.26 Å². The molecule has 1 aromatic heterocycles. The molecule has 1 fully saturated rings. The number of rotatable bonds is 1. The highest BCUT2D eigenvalue weighted by atomic mass is 16.5. The van der Waals surface area contributed by atoms with Crippen LogP contribution in [0.4, 0.5) is 0 Å². The van der Waals surface area contributed by atoms with E-state index in [1.807, 2.05) is 0 Å². The van der Waals surface area contributed by atoms with Gasteiger partial charge in [-0.2, -0.15) is 0 Å². The Balaban J connectivity index is 2.12. The first-order valence-corrected chi connectivity index (χ1v) is 3.35. The molecule has 2 rings (SSSR count). The highest BCUT2D eigenvalue weighted by Crippen LogP contribution is 2.26. The van der Waals surface area contributed by atoms with Crippen molar-refractivity contribution in [1.29, 1.82) is 0 Å². The monoisotopic (exact) mass is 140 g/mol. The molecule has 0 saturated carbocycles. The van der Waals surface area contributed by atoms with Gasteiger partial charge in [0.25, 0.3) is 0 Å². The lowest BCUT2D eigenvalue weighted by Gasteiger charge is -2.00. The number of nitrogens with zero attached hydrogens (tertiary/aromatic N) is 2. The molecule has 1 unspecified atom stereocenters. The number of ether oxygens (including phenoxy) is 1. The lowest BCUT2D eigenvalue weighted by atomic mass is 10.2. The molecule has 1 aliphatic rings. The molecule has 4 heteroatoms. The summed E-state index contributed by atoms with van der Waals surface area (Å²) in [4.78, 5) is 0. The van der Waals surface area contributed by atoms with Crippen LogP contribution in [0, 0.1) is 0 Å². The third-order valence-electron chi connectivity index (χ3n) is 1.64. The predicted octanol–water partition coefficient (Wildman–Crippen LogP) is 0.921. The summed E-state index contributed by atoms with van der Waals surface area (Å²) in [7, 11) is 0. The van der Waals surface area contributed by atoms with Crippen LogP contribution in [0.2, 0.25) is 0 Å². The molecule has 1 saturated heterocycles. The molecule has 2 heterocycles. The number of hydrogen-bond acceptors (Lipinski definition) is 4. The molecule has 0 aromatic carbocycles. The summed E-state index contributed by atoms with van der Waals surface area (Å²) >= 11 is 0. The van der Waals surface area contributed by atoms with Crippen LogP contribution < -0.4 is 0 Å². The van der Waals surface area contributed by atoms with Gasteiger partial charge in [-0.1, -0.05) is 0 Å². The molecule has 4 nitrogen and oxygen atoms in total. The fourth-order valence-corrected chi connectivity index (χ4v) is 1.12. The molecule has 10 heavy (non-hydrogen) atoms. The molecule has 0 amide bonds. The van der Waals surface area contributed by atoms with Crippen LogP contribution in [0.3, 0.4) is 0 Å². The topological polar surface area (TPSA) is 48.2 Å². The van der Waals surface area contributed by atoms with E-state index >= 15 is 0 Å². The van der Waals surface area contributed by atoms with Gasteiger partial charge in [0.2, 0.25) is 0 Å². The van der Waals surface area contributed by atoms with E-state index in [1.54, 1.807) is 0 Å². The molecule has 0 bridgehead atoms. The van der Waals surface area contributed by atoms with Crippen molar-refractivity contribution in [3.63, 3.8) is 0 Å². The Labute approximate surface area is 58.2 Å². The summed E-state index contributed by atoms with van der Waals surface area (Å²) in [5.74, 6) is 0. The predicted molar refractivity (Wildman–Crippen MR) is 32.2 cm³/mol. The molecular formula is C6H8N2O2. The van der Waals surface area contributed by atoms with E-state index in [0.29, 0.717) is 0 Å². The first-order chi connectivity index (χ1) is 4.97. The van der Waals surface area contributed by atoms with Crippen molar-refractivity contribution in [3.05, 3.63) is 12.0 Å².